The molecule has 5 rings (SSSR count). The van der Waals surface area contributed by atoms with E-state index in [9.17, 15) is 0 Å². The van der Waals surface area contributed by atoms with Crippen LogP contribution in [0.25, 0.3) is 27.8 Å². The Hall–Kier alpha value is -3.29. The van der Waals surface area contributed by atoms with Gasteiger partial charge >= 0.3 is 0 Å². The van der Waals surface area contributed by atoms with Crippen molar-refractivity contribution in [1.82, 2.24) is 29.5 Å². The Labute approximate surface area is 178 Å². The average molecular weight is 413 g/mol. The van der Waals surface area contributed by atoms with E-state index in [1.165, 1.54) is 5.56 Å². The molecule has 0 amide bonds. The zero-order valence-electron chi connectivity index (χ0n) is 16.7. The zero-order valence-corrected chi connectivity index (χ0v) is 17.5. The first kappa shape index (κ1) is 18.7. The molecule has 6 nitrogen and oxygen atoms in total. The van der Waals surface area contributed by atoms with Crippen LogP contribution in [0.3, 0.4) is 0 Å². The van der Waals surface area contributed by atoms with Gasteiger partial charge in [-0.3, -0.25) is 9.71 Å². The number of pyridine rings is 1. The van der Waals surface area contributed by atoms with Crippen LogP contribution in [0.1, 0.15) is 16.8 Å². The van der Waals surface area contributed by atoms with Crippen molar-refractivity contribution in [3.63, 3.8) is 0 Å². The molecule has 0 aliphatic carbocycles. The maximum absolute atomic E-state index is 4.76. The van der Waals surface area contributed by atoms with Crippen LogP contribution in [-0.2, 0) is 6.54 Å². The predicted octanol–water partition coefficient (Wildman–Crippen LogP) is 4.75. The molecule has 3 heterocycles. The molecule has 0 saturated heterocycles. The number of aryl methyl sites for hydroxylation is 2. The van der Waals surface area contributed by atoms with Crippen molar-refractivity contribution in [1.29, 1.82) is 0 Å². The summed E-state index contributed by atoms with van der Waals surface area (Å²) in [5.74, 6) is 0.743. The van der Waals surface area contributed by atoms with Crippen molar-refractivity contribution in [2.45, 2.75) is 25.3 Å². The predicted molar refractivity (Wildman–Crippen MR) is 120 cm³/mol. The van der Waals surface area contributed by atoms with E-state index in [2.05, 4.69) is 63.2 Å². The summed E-state index contributed by atoms with van der Waals surface area (Å²) in [7, 11) is 0. The summed E-state index contributed by atoms with van der Waals surface area (Å²) in [6.07, 6.45) is 3.66. The molecule has 30 heavy (non-hydrogen) atoms. The third-order valence-electron chi connectivity index (χ3n) is 5.08. The van der Waals surface area contributed by atoms with Gasteiger partial charge in [0.1, 0.15) is 0 Å². The molecular weight excluding hydrogens is 392 g/mol. The molecule has 0 unspecified atom stereocenters. The molecule has 0 spiro atoms. The van der Waals surface area contributed by atoms with Crippen molar-refractivity contribution in [3.8, 4) is 11.4 Å². The van der Waals surface area contributed by atoms with E-state index in [1.54, 1.807) is 18.1 Å². The largest absolute Gasteiger partial charge is 0.264 e. The van der Waals surface area contributed by atoms with E-state index in [-0.39, 0.29) is 0 Å². The molecule has 0 atom stereocenters. The first-order valence-electron chi connectivity index (χ1n) is 9.71. The number of fused-ring (bicyclic) bond motifs is 3. The van der Waals surface area contributed by atoms with Crippen molar-refractivity contribution < 1.29 is 0 Å². The third-order valence-corrected chi connectivity index (χ3v) is 6.02. The van der Waals surface area contributed by atoms with Gasteiger partial charge in [-0.1, -0.05) is 42.5 Å². The van der Waals surface area contributed by atoms with Crippen molar-refractivity contribution >= 4 is 28.4 Å². The summed E-state index contributed by atoms with van der Waals surface area (Å²) in [4.78, 5) is 5.30. The average Bonchev–Trinajstić information content (AvgIpc) is 3.20. The van der Waals surface area contributed by atoms with Crippen LogP contribution in [0, 0.1) is 13.8 Å². The molecule has 2 aromatic carbocycles. The SMILES string of the molecule is Cc1ccc(-c2nnc3c4ccccc4c(C)nn23)cc1SNCc1cccnc1. The normalized spacial score (nSPS) is 11.4. The van der Waals surface area contributed by atoms with Gasteiger partial charge < -0.3 is 0 Å². The Balaban J connectivity index is 1.49. The van der Waals surface area contributed by atoms with Crippen LogP contribution in [-0.4, -0.2) is 24.8 Å². The number of hydrogen-bond acceptors (Lipinski definition) is 6. The second kappa shape index (κ2) is 7.85. The summed E-state index contributed by atoms with van der Waals surface area (Å²) in [5, 5.41) is 15.8. The number of hydrogen-bond donors (Lipinski definition) is 1. The van der Waals surface area contributed by atoms with Crippen LogP contribution in [0.2, 0.25) is 0 Å². The van der Waals surface area contributed by atoms with Crippen LogP contribution in [0.5, 0.6) is 0 Å². The maximum Gasteiger partial charge on any atom is 0.186 e. The number of aromatic nitrogens is 5. The lowest BCUT2D eigenvalue weighted by Gasteiger charge is -2.09. The molecule has 0 bridgehead atoms. The fourth-order valence-electron chi connectivity index (χ4n) is 3.47. The highest BCUT2D eigenvalue weighted by Crippen LogP contribution is 2.29. The Bertz CT molecular complexity index is 1350. The Morgan fingerprint density at radius 1 is 0.967 bits per heavy atom. The third kappa shape index (κ3) is 3.42. The lowest BCUT2D eigenvalue weighted by atomic mass is 10.1. The summed E-state index contributed by atoms with van der Waals surface area (Å²) >= 11 is 1.61. The van der Waals surface area contributed by atoms with Crippen molar-refractivity contribution in [3.05, 3.63) is 83.8 Å². The second-order valence-corrected chi connectivity index (χ2v) is 8.09. The van der Waals surface area contributed by atoms with Crippen LogP contribution >= 0.6 is 11.9 Å². The molecular formula is C23H20N6S. The quantitative estimate of drug-likeness (QED) is 0.420. The summed E-state index contributed by atoms with van der Waals surface area (Å²) in [6, 6.07) is 18.5. The standard InChI is InChI=1S/C23H20N6S/c1-15-9-10-18(12-21(15)30-25-14-17-6-5-11-24-13-17)22-26-27-23-20-8-4-3-7-19(20)16(2)28-29(22)23/h3-13,25H,14H2,1-2H3. The van der Waals surface area contributed by atoms with Gasteiger partial charge in [0.05, 0.1) is 5.69 Å². The number of rotatable bonds is 5. The molecule has 3 aromatic heterocycles. The van der Waals surface area contributed by atoms with Crippen LogP contribution in [0.4, 0.5) is 0 Å². The molecule has 0 radical (unpaired) electrons. The van der Waals surface area contributed by atoms with E-state index in [1.807, 2.05) is 35.8 Å². The maximum atomic E-state index is 4.76. The lowest BCUT2D eigenvalue weighted by Crippen LogP contribution is -2.04. The van der Waals surface area contributed by atoms with Crippen molar-refractivity contribution in [2.75, 3.05) is 0 Å². The van der Waals surface area contributed by atoms with E-state index >= 15 is 0 Å². The Morgan fingerprint density at radius 3 is 2.67 bits per heavy atom. The molecule has 0 aliphatic heterocycles. The van der Waals surface area contributed by atoms with Gasteiger partial charge in [0, 0.05) is 40.2 Å². The van der Waals surface area contributed by atoms with Gasteiger partial charge in [-0.25, -0.2) is 0 Å². The molecule has 1 N–H and O–H groups in total. The van der Waals surface area contributed by atoms with Gasteiger partial charge in [-0.15, -0.1) is 10.2 Å². The molecule has 0 aliphatic rings. The van der Waals surface area contributed by atoms with E-state index in [4.69, 9.17) is 5.10 Å². The van der Waals surface area contributed by atoms with E-state index < -0.39 is 0 Å². The van der Waals surface area contributed by atoms with E-state index in [0.29, 0.717) is 0 Å². The topological polar surface area (TPSA) is 68.0 Å². The van der Waals surface area contributed by atoms with Crippen molar-refractivity contribution in [2.24, 2.45) is 0 Å². The number of nitrogens with one attached hydrogen (secondary N) is 1. The van der Waals surface area contributed by atoms with Crippen LogP contribution in [0.15, 0.2) is 71.9 Å². The highest BCUT2D eigenvalue weighted by Gasteiger charge is 2.15. The van der Waals surface area contributed by atoms with Gasteiger partial charge in [-0.05, 0) is 49.1 Å². The molecule has 5 aromatic rings. The molecule has 148 valence electrons. The minimum absolute atomic E-state index is 0.739. The van der Waals surface area contributed by atoms with Gasteiger partial charge in [0.15, 0.2) is 11.5 Å². The first-order chi connectivity index (χ1) is 14.7. The fourth-order valence-corrected chi connectivity index (χ4v) is 4.28. The summed E-state index contributed by atoms with van der Waals surface area (Å²) < 4.78 is 5.27. The number of nitrogens with zero attached hydrogens (tertiary/aromatic N) is 5. The summed E-state index contributed by atoms with van der Waals surface area (Å²) in [6.45, 7) is 4.86. The lowest BCUT2D eigenvalue weighted by molar-refractivity contribution is 0.914. The summed E-state index contributed by atoms with van der Waals surface area (Å²) in [5.41, 5.74) is 5.07. The fraction of sp³-hybridized carbons (Fsp3) is 0.130. The Kier molecular flexibility index (Phi) is 4.90. The first-order valence-corrected chi connectivity index (χ1v) is 10.5. The molecule has 0 fully saturated rings. The zero-order chi connectivity index (χ0) is 20.5. The van der Waals surface area contributed by atoms with Gasteiger partial charge in [0.2, 0.25) is 0 Å². The van der Waals surface area contributed by atoms with Gasteiger partial charge in [0.25, 0.3) is 0 Å². The minimum atomic E-state index is 0.739. The number of benzene rings is 2. The smallest absolute Gasteiger partial charge is 0.186 e. The minimum Gasteiger partial charge on any atom is -0.264 e. The molecule has 0 saturated carbocycles. The van der Waals surface area contributed by atoms with Crippen LogP contribution < -0.4 is 4.72 Å². The van der Waals surface area contributed by atoms with E-state index in [0.717, 1.165) is 50.5 Å². The Morgan fingerprint density at radius 2 is 1.83 bits per heavy atom. The second-order valence-electron chi connectivity index (χ2n) is 7.15. The monoisotopic (exact) mass is 412 g/mol. The molecule has 7 heteroatoms. The highest BCUT2D eigenvalue weighted by atomic mass is 32.2. The highest BCUT2D eigenvalue weighted by molar-refractivity contribution is 7.97. The van der Waals surface area contributed by atoms with Gasteiger partial charge in [-0.2, -0.15) is 9.61 Å².